The number of oxime groups is 1. The molecular weight excluding hydrogens is 961 g/mol. The van der Waals surface area contributed by atoms with Crippen LogP contribution in [0.25, 0.3) is 10.8 Å². The van der Waals surface area contributed by atoms with E-state index in [9.17, 15) is 20.3 Å². The van der Waals surface area contributed by atoms with Gasteiger partial charge in [0.05, 0.1) is 49.8 Å². The van der Waals surface area contributed by atoms with Crippen LogP contribution in [-0.2, 0) is 22.7 Å². The van der Waals surface area contributed by atoms with Gasteiger partial charge < -0.3 is 43.6 Å². The quantitative estimate of drug-likeness (QED) is 0.0334. The number of aliphatic hydroxyl groups is 2. The molecule has 0 saturated heterocycles. The Kier molecular flexibility index (Phi) is 17.1. The Balaban J connectivity index is 1.25. The van der Waals surface area contributed by atoms with Crippen molar-refractivity contribution in [3.8, 4) is 29.1 Å². The van der Waals surface area contributed by atoms with E-state index < -0.39 is 29.8 Å². The van der Waals surface area contributed by atoms with Crippen molar-refractivity contribution in [3.05, 3.63) is 186 Å². The molecule has 1 fully saturated rings. The number of carbonyl (C=O) groups is 2. The molecule has 3 N–H and O–H groups in total. The van der Waals surface area contributed by atoms with Crippen LogP contribution in [0.15, 0.2) is 163 Å². The lowest BCUT2D eigenvalue weighted by Crippen LogP contribution is -2.70. The number of hydrogen-bond donors (Lipinski definition) is 3. The summed E-state index contributed by atoms with van der Waals surface area (Å²) >= 11 is 0. The minimum Gasteiger partial charge on any atom is -0.497 e. The first-order chi connectivity index (χ1) is 37.2. The molecule has 0 bridgehead atoms. The van der Waals surface area contributed by atoms with E-state index in [2.05, 4.69) is 30.1 Å². The molecule has 6 aromatic rings. The molecule has 14 heteroatoms. The second kappa shape index (κ2) is 24.6. The number of unbranched alkanes of at least 4 members (excludes halogenated alkanes) is 2. The summed E-state index contributed by atoms with van der Waals surface area (Å²) in [7, 11) is 3.05. The van der Waals surface area contributed by atoms with E-state index in [-0.39, 0.29) is 62.9 Å². The standard InChI is InChI=1S/C62H64N4O10/c1-4-33-73-62-57(66(60(69)44-25-23-41(38-63)24-26-44)39-46-20-14-19-43-17-8-9-21-49(43)46)37-54(65-74-40-42-15-6-5-7-16-42)51-34-45(18-10-12-31-67)50(22-11-13-32-68)58(59(51)62)52-35-48(28-30-55(52)76-62)75-61(70)64-53-29-27-47(71-2)36-56(53)72-3/h4-9,14-17,19-21,23-30,34-36,45,50,57-59,67-68H,1,10-13,18,22,31-33,37,39-40H2,2-3H3,(H,64,70). The molecule has 0 spiro atoms. The number of anilines is 1. The summed E-state index contributed by atoms with van der Waals surface area (Å²) < 4.78 is 31.8. The van der Waals surface area contributed by atoms with Crippen LogP contribution in [0.5, 0.6) is 23.0 Å². The maximum atomic E-state index is 15.8. The molecule has 2 amide bonds. The Labute approximate surface area is 443 Å². The highest BCUT2D eigenvalue weighted by molar-refractivity contribution is 6.04. The molecule has 392 valence electrons. The van der Waals surface area contributed by atoms with Gasteiger partial charge in [0.1, 0.15) is 35.6 Å². The minimum atomic E-state index is -1.60. The summed E-state index contributed by atoms with van der Waals surface area (Å²) in [4.78, 5) is 37.8. The van der Waals surface area contributed by atoms with Crippen LogP contribution in [0.3, 0.4) is 0 Å². The fraction of sp³-hybridized carbons (Fsp3) is 0.323. The third-order valence-corrected chi connectivity index (χ3v) is 14.9. The van der Waals surface area contributed by atoms with Gasteiger partial charge in [-0.3, -0.25) is 10.1 Å². The number of fused-ring (bicyclic) bond motifs is 3. The van der Waals surface area contributed by atoms with E-state index >= 15 is 4.79 Å². The molecule has 0 radical (unpaired) electrons. The molecule has 1 heterocycles. The van der Waals surface area contributed by atoms with Gasteiger partial charge in [-0.1, -0.05) is 103 Å². The molecule has 6 unspecified atom stereocenters. The summed E-state index contributed by atoms with van der Waals surface area (Å²) in [6.07, 6.45) is 7.45. The van der Waals surface area contributed by atoms with E-state index in [0.717, 1.165) is 45.9 Å². The van der Waals surface area contributed by atoms with E-state index in [1.54, 1.807) is 67.8 Å². The Hall–Kier alpha value is -7.96. The zero-order chi connectivity index (χ0) is 53.0. The Bertz CT molecular complexity index is 3110. The average Bonchev–Trinajstić information content (AvgIpc) is 3.48. The zero-order valence-electron chi connectivity index (χ0n) is 42.9. The summed E-state index contributed by atoms with van der Waals surface area (Å²) in [6.45, 7) is 4.55. The van der Waals surface area contributed by atoms with Gasteiger partial charge in [-0.2, -0.15) is 5.26 Å². The number of hydrogen-bond acceptors (Lipinski definition) is 12. The highest BCUT2D eigenvalue weighted by atomic mass is 16.7. The number of nitriles is 1. The maximum Gasteiger partial charge on any atom is 0.417 e. The number of nitrogens with zero attached hydrogens (tertiary/aromatic N) is 3. The van der Waals surface area contributed by atoms with Gasteiger partial charge in [0.2, 0.25) is 5.79 Å². The van der Waals surface area contributed by atoms with Gasteiger partial charge >= 0.3 is 6.09 Å². The predicted octanol–water partition coefficient (Wildman–Crippen LogP) is 11.5. The molecule has 3 aliphatic rings. The first-order valence-corrected chi connectivity index (χ1v) is 25.9. The number of nitrogens with one attached hydrogen (secondary N) is 1. The van der Waals surface area contributed by atoms with Crippen molar-refractivity contribution >= 4 is 34.2 Å². The van der Waals surface area contributed by atoms with E-state index in [1.807, 2.05) is 77.7 Å². The van der Waals surface area contributed by atoms with Gasteiger partial charge in [-0.05, 0) is 120 Å². The fourth-order valence-electron chi connectivity index (χ4n) is 11.4. The molecule has 6 atom stereocenters. The highest BCUT2D eigenvalue weighted by Gasteiger charge is 2.65. The van der Waals surface area contributed by atoms with E-state index in [0.29, 0.717) is 65.5 Å². The molecule has 1 aliphatic heterocycles. The van der Waals surface area contributed by atoms with Crippen molar-refractivity contribution in [2.24, 2.45) is 22.9 Å². The Morgan fingerprint density at radius 1 is 0.868 bits per heavy atom. The zero-order valence-corrected chi connectivity index (χ0v) is 42.9. The molecule has 2 aliphatic carbocycles. The number of ether oxygens (including phenoxy) is 5. The van der Waals surface area contributed by atoms with Crippen molar-refractivity contribution in [1.82, 2.24) is 4.90 Å². The number of benzene rings is 6. The second-order valence-corrected chi connectivity index (χ2v) is 19.4. The second-order valence-electron chi connectivity index (χ2n) is 19.4. The fourth-order valence-corrected chi connectivity index (χ4v) is 11.4. The average molecular weight is 1030 g/mol. The van der Waals surface area contributed by atoms with Crippen molar-refractivity contribution in [2.75, 3.05) is 39.4 Å². The number of aliphatic hydroxyl groups excluding tert-OH is 2. The lowest BCUT2D eigenvalue weighted by molar-refractivity contribution is -0.255. The minimum absolute atomic E-state index is 0.0213. The largest absolute Gasteiger partial charge is 0.497 e. The lowest BCUT2D eigenvalue weighted by Gasteiger charge is -2.60. The summed E-state index contributed by atoms with van der Waals surface area (Å²) in [5.74, 6) is -1.45. The van der Waals surface area contributed by atoms with Crippen molar-refractivity contribution < 1.29 is 48.3 Å². The van der Waals surface area contributed by atoms with Gasteiger partial charge in [0.15, 0.2) is 0 Å². The normalized spacial score (nSPS) is 20.7. The SMILES string of the molecule is C=CCOC12Oc3ccc(OC(=O)Nc4ccc(OC)cc4OC)cc3C3C(CCCCO)C(CCCCO)C=C(C(=NOCc4ccccc4)CC1N(Cc1cccc4ccccc14)C(=O)c1ccc(C#N)cc1)C32. The maximum absolute atomic E-state index is 15.8. The van der Waals surface area contributed by atoms with Crippen LogP contribution in [0.4, 0.5) is 10.5 Å². The number of amides is 2. The topological polar surface area (TPSA) is 181 Å². The Morgan fingerprint density at radius 2 is 1.62 bits per heavy atom. The third kappa shape index (κ3) is 11.3. The van der Waals surface area contributed by atoms with Crippen LogP contribution < -0.4 is 24.3 Å². The van der Waals surface area contributed by atoms with Crippen LogP contribution in [-0.4, -0.2) is 78.7 Å². The molecule has 6 aromatic carbocycles. The monoisotopic (exact) mass is 1020 g/mol. The van der Waals surface area contributed by atoms with Crippen LogP contribution in [0, 0.1) is 29.1 Å². The van der Waals surface area contributed by atoms with Crippen LogP contribution in [0.1, 0.15) is 83.5 Å². The highest BCUT2D eigenvalue weighted by Crippen LogP contribution is 2.62. The first kappa shape index (κ1) is 52.9. The smallest absolute Gasteiger partial charge is 0.417 e. The van der Waals surface area contributed by atoms with Gasteiger partial charge in [0.25, 0.3) is 5.91 Å². The molecule has 14 nitrogen and oxygen atoms in total. The third-order valence-electron chi connectivity index (χ3n) is 14.9. The van der Waals surface area contributed by atoms with Crippen molar-refractivity contribution in [3.63, 3.8) is 0 Å². The number of rotatable bonds is 22. The summed E-state index contributed by atoms with van der Waals surface area (Å²) in [6, 6.07) is 42.3. The van der Waals surface area contributed by atoms with Crippen molar-refractivity contribution in [1.29, 1.82) is 5.26 Å². The number of methoxy groups -OCH3 is 2. The van der Waals surface area contributed by atoms with Gasteiger partial charge in [0, 0.05) is 49.3 Å². The first-order valence-electron chi connectivity index (χ1n) is 25.9. The summed E-state index contributed by atoms with van der Waals surface area (Å²) in [5, 5.41) is 39.9. The number of carbonyl (C=O) groups excluding carboxylic acids is 2. The van der Waals surface area contributed by atoms with Crippen molar-refractivity contribution in [2.45, 2.75) is 75.8 Å². The molecule has 0 aromatic heterocycles. The van der Waals surface area contributed by atoms with Gasteiger partial charge in [-0.15, -0.1) is 6.58 Å². The predicted molar refractivity (Wildman–Crippen MR) is 290 cm³/mol. The molecule has 9 rings (SSSR count). The van der Waals surface area contributed by atoms with Crippen LogP contribution in [0.2, 0.25) is 0 Å². The molecule has 1 saturated carbocycles. The molecule has 76 heavy (non-hydrogen) atoms. The Morgan fingerprint density at radius 3 is 2.37 bits per heavy atom. The number of allylic oxidation sites excluding steroid dienone is 1. The van der Waals surface area contributed by atoms with E-state index in [4.69, 9.17) is 33.7 Å². The molecular formula is C62H64N4O10. The van der Waals surface area contributed by atoms with E-state index in [1.165, 1.54) is 7.11 Å². The van der Waals surface area contributed by atoms with Crippen LogP contribution >= 0.6 is 0 Å². The lowest BCUT2D eigenvalue weighted by atomic mass is 9.55. The summed E-state index contributed by atoms with van der Waals surface area (Å²) in [5.41, 5.74) is 5.23. The van der Waals surface area contributed by atoms with Gasteiger partial charge in [-0.25, -0.2) is 4.79 Å².